The molecule has 0 saturated carbocycles. The van der Waals surface area contributed by atoms with Crippen LogP contribution in [0.25, 0.3) is 10.9 Å². The van der Waals surface area contributed by atoms with Gasteiger partial charge in [0.15, 0.2) is 0 Å². The maximum Gasteiger partial charge on any atom is 0.0530 e. The lowest BCUT2D eigenvalue weighted by atomic mass is 9.06. The first-order chi connectivity index (χ1) is 11.1. The fraction of sp³-hybridized carbons (Fsp3) is 0.619. The number of nitrogens with zero attached hydrogens (tertiary/aromatic N) is 1. The second kappa shape index (κ2) is 5.72. The fourth-order valence-electron chi connectivity index (χ4n) is 6.74. The summed E-state index contributed by atoms with van der Waals surface area (Å²) in [6.07, 6.45) is 9.88. The van der Waals surface area contributed by atoms with Crippen molar-refractivity contribution in [2.24, 2.45) is 13.0 Å². The van der Waals surface area contributed by atoms with E-state index in [0.29, 0.717) is 0 Å². The summed E-state index contributed by atoms with van der Waals surface area (Å²) >= 11 is 0. The van der Waals surface area contributed by atoms with Gasteiger partial charge in [-0.3, -0.25) is 0 Å². The average molecular weight is 308 g/mol. The van der Waals surface area contributed by atoms with Crippen molar-refractivity contribution in [1.82, 2.24) is 4.57 Å². The molecule has 23 heavy (non-hydrogen) atoms. The van der Waals surface area contributed by atoms with Crippen molar-refractivity contribution in [2.75, 3.05) is 0 Å². The highest BCUT2D eigenvalue weighted by Crippen LogP contribution is 2.55. The molecule has 124 valence electrons. The molecular weight excluding hydrogens is 277 g/mol. The summed E-state index contributed by atoms with van der Waals surface area (Å²) < 4.78 is 2.56. The Morgan fingerprint density at radius 3 is 2.22 bits per heavy atom. The van der Waals surface area contributed by atoms with Crippen molar-refractivity contribution >= 4 is 22.6 Å². The van der Waals surface area contributed by atoms with Crippen LogP contribution in [0, 0.1) is 5.92 Å². The van der Waals surface area contributed by atoms with Gasteiger partial charge in [-0.1, -0.05) is 82.6 Å². The Balaban J connectivity index is 1.92. The van der Waals surface area contributed by atoms with Crippen molar-refractivity contribution in [3.8, 4) is 0 Å². The molecule has 2 aromatic rings. The maximum atomic E-state index is 2.56. The molecule has 0 atom stereocenters. The van der Waals surface area contributed by atoms with Crippen molar-refractivity contribution in [1.29, 1.82) is 0 Å². The molecule has 0 N–H and O–H groups in total. The van der Waals surface area contributed by atoms with Gasteiger partial charge in [0.05, 0.1) is 6.15 Å². The van der Waals surface area contributed by atoms with Gasteiger partial charge in [0.1, 0.15) is 0 Å². The predicted molar refractivity (Wildman–Crippen MR) is 103 cm³/mol. The van der Waals surface area contributed by atoms with Crippen LogP contribution in [0.15, 0.2) is 30.3 Å². The van der Waals surface area contributed by atoms with E-state index in [4.69, 9.17) is 0 Å². The van der Waals surface area contributed by atoms with Crippen LogP contribution < -0.4 is 5.59 Å². The number of hydrogen-bond acceptors (Lipinski definition) is 0. The Bertz CT molecular complexity index is 677. The van der Waals surface area contributed by atoms with Crippen LogP contribution >= 0.6 is 0 Å². The molecule has 0 aliphatic carbocycles. The molecule has 4 rings (SSSR count). The van der Waals surface area contributed by atoms with Gasteiger partial charge in [0.2, 0.25) is 0 Å². The van der Waals surface area contributed by atoms with E-state index >= 15 is 0 Å². The summed E-state index contributed by atoms with van der Waals surface area (Å²) in [5, 5.41) is 1.44. The minimum absolute atomic E-state index is 0.409. The van der Waals surface area contributed by atoms with Gasteiger partial charge in [-0.2, -0.15) is 18.0 Å². The number of aryl methyl sites for hydroxylation is 1. The van der Waals surface area contributed by atoms with E-state index in [2.05, 4.69) is 55.8 Å². The van der Waals surface area contributed by atoms with E-state index in [1.165, 1.54) is 55.7 Å². The summed E-state index contributed by atoms with van der Waals surface area (Å²) in [5.74, 6) is 2.73. The molecule has 2 saturated heterocycles. The first-order valence-corrected chi connectivity index (χ1v) is 9.86. The van der Waals surface area contributed by atoms with Crippen LogP contribution in [-0.4, -0.2) is 10.7 Å². The van der Waals surface area contributed by atoms with E-state index in [1.807, 2.05) is 0 Å². The molecule has 0 radical (unpaired) electrons. The molecule has 3 heterocycles. The summed E-state index contributed by atoms with van der Waals surface area (Å²) in [6, 6.07) is 11.5. The van der Waals surface area contributed by atoms with Gasteiger partial charge in [-0.15, -0.1) is 5.59 Å². The molecule has 1 nitrogen and oxygen atoms in total. The largest absolute Gasteiger partial charge is 0.386 e. The molecule has 2 fully saturated rings. The van der Waals surface area contributed by atoms with Crippen LogP contribution in [0.1, 0.15) is 52.4 Å². The molecule has 1 aromatic carbocycles. The molecule has 2 aliphatic rings. The minimum atomic E-state index is -0.409. The third kappa shape index (κ3) is 2.29. The first kappa shape index (κ1) is 15.4. The second-order valence-corrected chi connectivity index (χ2v) is 8.90. The van der Waals surface area contributed by atoms with E-state index in [1.54, 1.807) is 5.59 Å². The van der Waals surface area contributed by atoms with Crippen LogP contribution in [0.4, 0.5) is 0 Å². The highest BCUT2D eigenvalue weighted by molar-refractivity contribution is 6.94. The number of fused-ring (bicyclic) bond motifs is 3. The van der Waals surface area contributed by atoms with Gasteiger partial charge in [-0.25, -0.2) is 0 Å². The first-order valence-electron chi connectivity index (χ1n) is 9.86. The van der Waals surface area contributed by atoms with Gasteiger partial charge < -0.3 is 4.57 Å². The second-order valence-electron chi connectivity index (χ2n) is 8.90. The van der Waals surface area contributed by atoms with Crippen molar-refractivity contribution in [2.45, 2.75) is 70.3 Å². The zero-order chi connectivity index (χ0) is 16.0. The molecule has 2 bridgehead atoms. The lowest BCUT2D eigenvalue weighted by molar-refractivity contribution is 0.426. The number of hydrogen-bond donors (Lipinski definition) is 0. The standard InChI is InChI=1S/C21H31BN/c1-16(2)15-22(18-9-6-10-19(22)12-7-11-18)21-14-17-8-4-5-13-20(17)23(21)3/h4-5,8,13-14,16,18-19H,6-7,9-12,15H2,1-3H3/q-1. The van der Waals surface area contributed by atoms with Crippen molar-refractivity contribution in [3.05, 3.63) is 30.3 Å². The van der Waals surface area contributed by atoms with Crippen LogP contribution in [0.5, 0.6) is 0 Å². The number of para-hydroxylation sites is 1. The molecule has 0 spiro atoms. The Kier molecular flexibility index (Phi) is 3.82. The highest BCUT2D eigenvalue weighted by Gasteiger charge is 2.46. The quantitative estimate of drug-likeness (QED) is 0.651. The van der Waals surface area contributed by atoms with Gasteiger partial charge in [0.25, 0.3) is 0 Å². The van der Waals surface area contributed by atoms with Crippen molar-refractivity contribution in [3.63, 3.8) is 0 Å². The fourth-order valence-corrected chi connectivity index (χ4v) is 6.74. The predicted octanol–water partition coefficient (Wildman–Crippen LogP) is 5.60. The SMILES string of the molecule is CC(C)C[B-]1(c2cc3ccccc3n2C)C2CCCC1CCC2. The normalized spacial score (nSPS) is 31.0. The molecule has 1 aromatic heterocycles. The minimum Gasteiger partial charge on any atom is -0.386 e. The summed E-state index contributed by atoms with van der Waals surface area (Å²) in [6.45, 7) is 4.88. The Morgan fingerprint density at radius 1 is 1.04 bits per heavy atom. The van der Waals surface area contributed by atoms with E-state index in [0.717, 1.165) is 17.6 Å². The van der Waals surface area contributed by atoms with Crippen LogP contribution in [-0.2, 0) is 7.05 Å². The van der Waals surface area contributed by atoms with E-state index in [9.17, 15) is 0 Å². The number of rotatable bonds is 3. The smallest absolute Gasteiger partial charge is 0.0530 e. The van der Waals surface area contributed by atoms with Gasteiger partial charge >= 0.3 is 0 Å². The number of aromatic nitrogens is 1. The molecule has 2 aliphatic heterocycles. The average Bonchev–Trinajstić information content (AvgIpc) is 2.84. The van der Waals surface area contributed by atoms with Crippen molar-refractivity contribution < 1.29 is 0 Å². The molecule has 0 amide bonds. The monoisotopic (exact) mass is 308 g/mol. The summed E-state index contributed by atoms with van der Waals surface area (Å²) in [5.41, 5.74) is 3.13. The molecule has 0 unspecified atom stereocenters. The van der Waals surface area contributed by atoms with Gasteiger partial charge in [0, 0.05) is 12.6 Å². The highest BCUT2D eigenvalue weighted by atomic mass is 14.9. The lowest BCUT2D eigenvalue weighted by Gasteiger charge is -2.60. The lowest BCUT2D eigenvalue weighted by Crippen LogP contribution is -2.61. The Morgan fingerprint density at radius 2 is 1.65 bits per heavy atom. The third-order valence-electron chi connectivity index (χ3n) is 7.38. The zero-order valence-corrected chi connectivity index (χ0v) is 15.1. The van der Waals surface area contributed by atoms with Crippen LogP contribution in [0.3, 0.4) is 0 Å². The molecular formula is C21H31BN-. The van der Waals surface area contributed by atoms with E-state index < -0.39 is 6.15 Å². The van der Waals surface area contributed by atoms with Crippen LogP contribution in [0.2, 0.25) is 18.0 Å². The summed E-state index contributed by atoms with van der Waals surface area (Å²) in [7, 11) is 2.33. The Labute approximate surface area is 141 Å². The topological polar surface area (TPSA) is 4.93 Å². The Hall–Kier alpha value is -1.18. The summed E-state index contributed by atoms with van der Waals surface area (Å²) in [4.78, 5) is 0. The zero-order valence-electron chi connectivity index (χ0n) is 15.1. The van der Waals surface area contributed by atoms with Gasteiger partial charge in [-0.05, 0) is 11.5 Å². The maximum absolute atomic E-state index is 2.56. The third-order valence-corrected chi connectivity index (χ3v) is 7.38. The molecule has 2 heteroatoms. The van der Waals surface area contributed by atoms with E-state index in [-0.39, 0.29) is 0 Å². The number of benzene rings is 1.